The number of rotatable bonds is 7. The van der Waals surface area contributed by atoms with Crippen LogP contribution in [0.3, 0.4) is 0 Å². The molecule has 0 N–H and O–H groups in total. The van der Waals surface area contributed by atoms with Crippen LogP contribution in [-0.2, 0) is 27.4 Å². The van der Waals surface area contributed by atoms with E-state index in [1.54, 1.807) is 25.4 Å². The van der Waals surface area contributed by atoms with Gasteiger partial charge in [0.25, 0.3) is 0 Å². The third-order valence-electron chi connectivity index (χ3n) is 3.75. The summed E-state index contributed by atoms with van der Waals surface area (Å²) in [6.07, 6.45) is 4.33. The van der Waals surface area contributed by atoms with E-state index in [4.69, 9.17) is 9.47 Å². The molecular weight excluding hydrogens is 272 g/mol. The highest BCUT2D eigenvalue weighted by atomic mass is 16.5. The number of hydrogen-bond donors (Lipinski definition) is 0. The largest absolute Gasteiger partial charge is 0.383 e. The van der Waals surface area contributed by atoms with Gasteiger partial charge in [0.1, 0.15) is 6.33 Å². The molecule has 1 aromatic rings. The first-order valence-corrected chi connectivity index (χ1v) is 7.38. The van der Waals surface area contributed by atoms with Crippen molar-refractivity contribution >= 4 is 5.91 Å². The number of methoxy groups -OCH3 is 1. The standard InChI is InChI=1S/C14H24N4O3/c1-17(14(19)8-12-4-3-6-21-10-12)9-13-16-15-11-18(13)5-7-20-2/h11-12H,3-10H2,1-2H3/t12-/m0/s1. The van der Waals surface area contributed by atoms with Crippen molar-refractivity contribution in [3.05, 3.63) is 12.2 Å². The molecule has 1 aromatic heterocycles. The van der Waals surface area contributed by atoms with Crippen LogP contribution < -0.4 is 0 Å². The topological polar surface area (TPSA) is 69.5 Å². The molecule has 7 heteroatoms. The predicted octanol–water partition coefficient (Wildman–Crippen LogP) is 0.700. The summed E-state index contributed by atoms with van der Waals surface area (Å²) in [4.78, 5) is 14.0. The molecule has 2 rings (SSSR count). The molecule has 1 atom stereocenters. The highest BCUT2D eigenvalue weighted by Crippen LogP contribution is 2.18. The zero-order chi connectivity index (χ0) is 15.1. The van der Waals surface area contributed by atoms with E-state index in [-0.39, 0.29) is 5.91 Å². The van der Waals surface area contributed by atoms with E-state index in [1.165, 1.54) is 0 Å². The fraction of sp³-hybridized carbons (Fsp3) is 0.786. The van der Waals surface area contributed by atoms with Crippen LogP contribution in [0.25, 0.3) is 0 Å². The molecule has 1 fully saturated rings. The third kappa shape index (κ3) is 4.78. The van der Waals surface area contributed by atoms with Crippen LogP contribution in [0.15, 0.2) is 6.33 Å². The number of carbonyl (C=O) groups is 1. The summed E-state index contributed by atoms with van der Waals surface area (Å²) in [5, 5.41) is 7.98. The number of nitrogens with zero attached hydrogens (tertiary/aromatic N) is 4. The van der Waals surface area contributed by atoms with Gasteiger partial charge in [0.2, 0.25) is 5.91 Å². The molecular formula is C14H24N4O3. The second-order valence-electron chi connectivity index (χ2n) is 5.47. The van der Waals surface area contributed by atoms with E-state index >= 15 is 0 Å². The monoisotopic (exact) mass is 296 g/mol. The zero-order valence-electron chi connectivity index (χ0n) is 12.8. The van der Waals surface area contributed by atoms with Gasteiger partial charge in [-0.05, 0) is 18.8 Å². The van der Waals surface area contributed by atoms with Crippen molar-refractivity contribution in [2.45, 2.75) is 32.4 Å². The summed E-state index contributed by atoms with van der Waals surface area (Å²) in [7, 11) is 3.47. The van der Waals surface area contributed by atoms with Crippen LogP contribution in [-0.4, -0.2) is 59.5 Å². The smallest absolute Gasteiger partial charge is 0.223 e. The van der Waals surface area contributed by atoms with Gasteiger partial charge in [-0.3, -0.25) is 4.79 Å². The maximum absolute atomic E-state index is 12.3. The first kappa shape index (κ1) is 15.9. The van der Waals surface area contributed by atoms with Crippen molar-refractivity contribution < 1.29 is 14.3 Å². The lowest BCUT2D eigenvalue weighted by Crippen LogP contribution is -2.31. The Kier molecular flexibility index (Phi) is 6.13. The Balaban J connectivity index is 1.83. The molecule has 21 heavy (non-hydrogen) atoms. The van der Waals surface area contributed by atoms with E-state index in [0.29, 0.717) is 38.6 Å². The lowest BCUT2D eigenvalue weighted by Gasteiger charge is -2.24. The second-order valence-corrected chi connectivity index (χ2v) is 5.47. The molecule has 7 nitrogen and oxygen atoms in total. The Hall–Kier alpha value is -1.47. The molecule has 1 aliphatic rings. The first-order valence-electron chi connectivity index (χ1n) is 7.38. The third-order valence-corrected chi connectivity index (χ3v) is 3.75. The molecule has 1 aliphatic heterocycles. The molecule has 0 spiro atoms. The summed E-state index contributed by atoms with van der Waals surface area (Å²) in [6, 6.07) is 0. The Morgan fingerprint density at radius 1 is 1.62 bits per heavy atom. The number of carbonyl (C=O) groups excluding carboxylic acids is 1. The Labute approximate surface area is 125 Å². The summed E-state index contributed by atoms with van der Waals surface area (Å²) in [5.74, 6) is 1.26. The molecule has 0 radical (unpaired) electrons. The summed E-state index contributed by atoms with van der Waals surface area (Å²) < 4.78 is 12.4. The predicted molar refractivity (Wildman–Crippen MR) is 76.5 cm³/mol. The average molecular weight is 296 g/mol. The lowest BCUT2D eigenvalue weighted by molar-refractivity contribution is -0.132. The zero-order valence-corrected chi connectivity index (χ0v) is 12.8. The normalized spacial score (nSPS) is 18.7. The minimum atomic E-state index is 0.131. The Morgan fingerprint density at radius 2 is 2.48 bits per heavy atom. The summed E-state index contributed by atoms with van der Waals surface area (Å²) >= 11 is 0. The fourth-order valence-corrected chi connectivity index (χ4v) is 2.45. The number of aromatic nitrogens is 3. The van der Waals surface area contributed by atoms with Crippen molar-refractivity contribution in [1.82, 2.24) is 19.7 Å². The summed E-state index contributed by atoms with van der Waals surface area (Å²) in [5.41, 5.74) is 0. The van der Waals surface area contributed by atoms with Gasteiger partial charge in [0, 0.05) is 40.3 Å². The van der Waals surface area contributed by atoms with Crippen molar-refractivity contribution in [1.29, 1.82) is 0 Å². The van der Waals surface area contributed by atoms with E-state index in [0.717, 1.165) is 25.3 Å². The first-order chi connectivity index (χ1) is 10.2. The molecule has 0 bridgehead atoms. The maximum atomic E-state index is 12.3. The molecule has 1 amide bonds. The van der Waals surface area contributed by atoms with Gasteiger partial charge in [0.15, 0.2) is 5.82 Å². The highest BCUT2D eigenvalue weighted by Gasteiger charge is 2.20. The number of amides is 1. The van der Waals surface area contributed by atoms with Crippen LogP contribution in [0.2, 0.25) is 0 Å². The number of ether oxygens (including phenoxy) is 2. The van der Waals surface area contributed by atoms with Gasteiger partial charge in [-0.15, -0.1) is 10.2 Å². The van der Waals surface area contributed by atoms with Crippen molar-refractivity contribution in [2.24, 2.45) is 5.92 Å². The molecule has 0 aliphatic carbocycles. The van der Waals surface area contributed by atoms with E-state index in [9.17, 15) is 4.79 Å². The van der Waals surface area contributed by atoms with Crippen LogP contribution in [0.4, 0.5) is 0 Å². The van der Waals surface area contributed by atoms with E-state index < -0.39 is 0 Å². The van der Waals surface area contributed by atoms with Crippen molar-refractivity contribution in [3.63, 3.8) is 0 Å². The van der Waals surface area contributed by atoms with Gasteiger partial charge in [-0.25, -0.2) is 0 Å². The molecule has 1 saturated heterocycles. The van der Waals surface area contributed by atoms with Gasteiger partial charge in [0.05, 0.1) is 13.2 Å². The minimum Gasteiger partial charge on any atom is -0.383 e. The van der Waals surface area contributed by atoms with Gasteiger partial charge in [-0.1, -0.05) is 0 Å². The van der Waals surface area contributed by atoms with E-state index in [2.05, 4.69) is 10.2 Å². The van der Waals surface area contributed by atoms with Crippen LogP contribution in [0, 0.1) is 5.92 Å². The maximum Gasteiger partial charge on any atom is 0.223 e. The highest BCUT2D eigenvalue weighted by molar-refractivity contribution is 5.76. The van der Waals surface area contributed by atoms with Crippen LogP contribution >= 0.6 is 0 Å². The Bertz CT molecular complexity index is 443. The van der Waals surface area contributed by atoms with Gasteiger partial charge < -0.3 is 18.9 Å². The molecule has 0 aromatic carbocycles. The molecule has 0 saturated carbocycles. The van der Waals surface area contributed by atoms with Crippen LogP contribution in [0.5, 0.6) is 0 Å². The van der Waals surface area contributed by atoms with Crippen molar-refractivity contribution in [2.75, 3.05) is 34.0 Å². The van der Waals surface area contributed by atoms with Gasteiger partial charge in [-0.2, -0.15) is 0 Å². The molecule has 118 valence electrons. The quantitative estimate of drug-likeness (QED) is 0.741. The number of hydrogen-bond acceptors (Lipinski definition) is 5. The minimum absolute atomic E-state index is 0.131. The molecule has 2 heterocycles. The van der Waals surface area contributed by atoms with Gasteiger partial charge >= 0.3 is 0 Å². The molecule has 0 unspecified atom stereocenters. The average Bonchev–Trinajstić information content (AvgIpc) is 2.93. The van der Waals surface area contributed by atoms with Crippen molar-refractivity contribution in [3.8, 4) is 0 Å². The van der Waals surface area contributed by atoms with E-state index in [1.807, 2.05) is 4.57 Å². The fourth-order valence-electron chi connectivity index (χ4n) is 2.45. The second kappa shape index (κ2) is 8.09. The SMILES string of the molecule is COCCn1cnnc1CN(C)C(=O)C[C@@H]1CCCOC1. The summed E-state index contributed by atoms with van der Waals surface area (Å²) in [6.45, 7) is 3.28. The van der Waals surface area contributed by atoms with Crippen LogP contribution in [0.1, 0.15) is 25.1 Å². The Morgan fingerprint density at radius 3 is 3.19 bits per heavy atom. The lowest BCUT2D eigenvalue weighted by atomic mass is 9.98.